The normalized spacial score (nSPS) is 22.2. The van der Waals surface area contributed by atoms with Crippen LogP contribution in [0.15, 0.2) is 24.3 Å². The Kier molecular flexibility index (Phi) is 4.55. The highest BCUT2D eigenvalue weighted by Gasteiger charge is 2.30. The monoisotopic (exact) mass is 278 g/mol. The van der Waals surface area contributed by atoms with Crippen molar-refractivity contribution in [1.29, 1.82) is 0 Å². The van der Waals surface area contributed by atoms with Crippen LogP contribution < -0.4 is 5.32 Å². The highest BCUT2D eigenvalue weighted by molar-refractivity contribution is 5.70. The summed E-state index contributed by atoms with van der Waals surface area (Å²) in [6.45, 7) is 0.540. The van der Waals surface area contributed by atoms with E-state index in [2.05, 4.69) is 5.32 Å². The number of hydrogen-bond donors (Lipinski definition) is 2. The van der Waals surface area contributed by atoms with Gasteiger partial charge in [-0.2, -0.15) is 0 Å². The molecule has 2 N–H and O–H groups in total. The zero-order valence-electron chi connectivity index (χ0n) is 11.1. The summed E-state index contributed by atoms with van der Waals surface area (Å²) in [5.74, 6) is -0.967. The van der Waals surface area contributed by atoms with Gasteiger partial charge in [-0.25, -0.2) is 0 Å². The van der Waals surface area contributed by atoms with E-state index in [1.165, 1.54) is 12.1 Å². The highest BCUT2D eigenvalue weighted by atomic mass is 16.6. The van der Waals surface area contributed by atoms with Crippen LogP contribution in [-0.2, 0) is 4.79 Å². The van der Waals surface area contributed by atoms with Gasteiger partial charge in [0, 0.05) is 24.4 Å². The van der Waals surface area contributed by atoms with Gasteiger partial charge in [-0.15, -0.1) is 0 Å². The second-order valence-corrected chi connectivity index (χ2v) is 5.18. The maximum atomic E-state index is 11.2. The van der Waals surface area contributed by atoms with Crippen LogP contribution in [0.2, 0.25) is 0 Å². The molecule has 6 nitrogen and oxygen atoms in total. The minimum absolute atomic E-state index is 0.0356. The lowest BCUT2D eigenvalue weighted by Crippen LogP contribution is -2.31. The molecule has 6 heteroatoms. The lowest BCUT2D eigenvalue weighted by Gasteiger charge is -2.28. The molecule has 0 bridgehead atoms. The number of nitro benzene ring substituents is 1. The van der Waals surface area contributed by atoms with E-state index in [0.717, 1.165) is 25.7 Å². The lowest BCUT2D eigenvalue weighted by atomic mass is 9.79. The Morgan fingerprint density at radius 2 is 2.15 bits per heavy atom. The minimum Gasteiger partial charge on any atom is -0.481 e. The number of rotatable bonds is 5. The predicted octanol–water partition coefficient (Wildman–Crippen LogP) is 2.90. The number of aliphatic carboxylic acids is 1. The van der Waals surface area contributed by atoms with Crippen LogP contribution in [-0.4, -0.2) is 22.5 Å². The molecular formula is C14H18N2O4. The zero-order valence-corrected chi connectivity index (χ0v) is 11.1. The molecule has 0 heterocycles. The van der Waals surface area contributed by atoms with E-state index in [1.54, 1.807) is 12.1 Å². The van der Waals surface area contributed by atoms with Crippen LogP contribution in [0, 0.1) is 22.0 Å². The van der Waals surface area contributed by atoms with Crippen LogP contribution in [0.4, 0.5) is 11.4 Å². The molecule has 2 atom stereocenters. The number of carbonyl (C=O) groups is 1. The standard InChI is InChI=1S/C14H18N2O4/c17-14(18)13-7-2-1-4-10(13)9-15-11-5-3-6-12(8-11)16(19)20/h3,5-6,8,10,13,15H,1-2,4,7,9H2,(H,17,18). The number of nitrogens with one attached hydrogen (secondary N) is 1. The maximum Gasteiger partial charge on any atom is 0.306 e. The Balaban J connectivity index is 1.98. The number of carboxylic acid groups (broad SMARTS) is 1. The number of nitro groups is 1. The third-order valence-electron chi connectivity index (χ3n) is 3.85. The van der Waals surface area contributed by atoms with Crippen molar-refractivity contribution in [3.8, 4) is 0 Å². The Morgan fingerprint density at radius 1 is 1.40 bits per heavy atom. The Labute approximate surface area is 117 Å². The summed E-state index contributed by atoms with van der Waals surface area (Å²) >= 11 is 0. The fourth-order valence-electron chi connectivity index (χ4n) is 2.76. The number of hydrogen-bond acceptors (Lipinski definition) is 4. The van der Waals surface area contributed by atoms with Gasteiger partial charge in [-0.05, 0) is 24.8 Å². The molecule has 1 saturated carbocycles. The SMILES string of the molecule is O=C(O)C1CCCCC1CNc1cccc([N+](=O)[O-])c1. The molecule has 1 aromatic carbocycles. The average molecular weight is 278 g/mol. The number of nitrogens with zero attached hydrogens (tertiary/aromatic N) is 1. The predicted molar refractivity (Wildman–Crippen MR) is 74.7 cm³/mol. The van der Waals surface area contributed by atoms with Gasteiger partial charge in [-0.1, -0.05) is 18.9 Å². The van der Waals surface area contributed by atoms with Crippen LogP contribution in [0.1, 0.15) is 25.7 Å². The van der Waals surface area contributed by atoms with Crippen molar-refractivity contribution >= 4 is 17.3 Å². The topological polar surface area (TPSA) is 92.5 Å². The molecule has 1 aliphatic rings. The van der Waals surface area contributed by atoms with Crippen LogP contribution in [0.5, 0.6) is 0 Å². The Bertz CT molecular complexity index is 504. The smallest absolute Gasteiger partial charge is 0.306 e. The quantitative estimate of drug-likeness (QED) is 0.638. The number of anilines is 1. The lowest BCUT2D eigenvalue weighted by molar-refractivity contribution is -0.384. The van der Waals surface area contributed by atoms with Crippen LogP contribution in [0.3, 0.4) is 0 Å². The first kappa shape index (κ1) is 14.3. The first-order chi connectivity index (χ1) is 9.58. The van der Waals surface area contributed by atoms with E-state index < -0.39 is 10.9 Å². The van der Waals surface area contributed by atoms with Crippen molar-refractivity contribution < 1.29 is 14.8 Å². The molecule has 2 unspecified atom stereocenters. The van der Waals surface area contributed by atoms with Gasteiger partial charge in [0.05, 0.1) is 10.8 Å². The number of non-ortho nitro benzene ring substituents is 1. The molecule has 0 amide bonds. The molecule has 0 aromatic heterocycles. The van der Waals surface area contributed by atoms with Gasteiger partial charge in [-0.3, -0.25) is 14.9 Å². The molecule has 0 saturated heterocycles. The molecule has 2 rings (SSSR count). The summed E-state index contributed by atoms with van der Waals surface area (Å²) < 4.78 is 0. The van der Waals surface area contributed by atoms with E-state index in [4.69, 9.17) is 0 Å². The summed E-state index contributed by atoms with van der Waals surface area (Å²) in [4.78, 5) is 21.5. The van der Waals surface area contributed by atoms with E-state index in [1.807, 2.05) is 0 Å². The maximum absolute atomic E-state index is 11.2. The molecular weight excluding hydrogens is 260 g/mol. The van der Waals surface area contributed by atoms with Crippen molar-refractivity contribution in [2.24, 2.45) is 11.8 Å². The Hall–Kier alpha value is -2.11. The molecule has 1 fully saturated rings. The van der Waals surface area contributed by atoms with Gasteiger partial charge in [0.1, 0.15) is 0 Å². The van der Waals surface area contributed by atoms with Crippen molar-refractivity contribution in [3.63, 3.8) is 0 Å². The van der Waals surface area contributed by atoms with E-state index in [-0.39, 0.29) is 17.5 Å². The van der Waals surface area contributed by atoms with Gasteiger partial charge < -0.3 is 10.4 Å². The first-order valence-electron chi connectivity index (χ1n) is 6.79. The van der Waals surface area contributed by atoms with Gasteiger partial charge in [0.25, 0.3) is 5.69 Å². The van der Waals surface area contributed by atoms with Crippen LogP contribution in [0.25, 0.3) is 0 Å². The second-order valence-electron chi connectivity index (χ2n) is 5.18. The minimum atomic E-state index is -0.740. The molecule has 1 aliphatic carbocycles. The van der Waals surface area contributed by atoms with Crippen molar-refractivity contribution in [2.45, 2.75) is 25.7 Å². The second kappa shape index (κ2) is 6.36. The van der Waals surface area contributed by atoms with Gasteiger partial charge in [0.2, 0.25) is 0 Å². The Morgan fingerprint density at radius 3 is 2.85 bits per heavy atom. The van der Waals surface area contributed by atoms with Crippen molar-refractivity contribution in [1.82, 2.24) is 0 Å². The van der Waals surface area contributed by atoms with Crippen LogP contribution >= 0.6 is 0 Å². The molecule has 0 radical (unpaired) electrons. The highest BCUT2D eigenvalue weighted by Crippen LogP contribution is 2.30. The first-order valence-corrected chi connectivity index (χ1v) is 6.79. The van der Waals surface area contributed by atoms with Gasteiger partial charge in [0.15, 0.2) is 0 Å². The molecule has 1 aromatic rings. The largest absolute Gasteiger partial charge is 0.481 e. The summed E-state index contributed by atoms with van der Waals surface area (Å²) in [7, 11) is 0. The molecule has 0 aliphatic heterocycles. The van der Waals surface area contributed by atoms with E-state index in [0.29, 0.717) is 12.2 Å². The number of carboxylic acids is 1. The summed E-state index contributed by atoms with van der Waals surface area (Å²) in [5, 5.41) is 23.0. The number of benzene rings is 1. The van der Waals surface area contributed by atoms with Crippen molar-refractivity contribution in [3.05, 3.63) is 34.4 Å². The third kappa shape index (κ3) is 3.46. The van der Waals surface area contributed by atoms with E-state index in [9.17, 15) is 20.0 Å². The summed E-state index contributed by atoms with van der Waals surface area (Å²) in [6.07, 6.45) is 3.62. The van der Waals surface area contributed by atoms with Crippen molar-refractivity contribution in [2.75, 3.05) is 11.9 Å². The zero-order chi connectivity index (χ0) is 14.5. The summed E-state index contributed by atoms with van der Waals surface area (Å²) in [5.41, 5.74) is 0.697. The molecule has 0 spiro atoms. The summed E-state index contributed by atoms with van der Waals surface area (Å²) in [6, 6.07) is 6.28. The molecule has 108 valence electrons. The average Bonchev–Trinajstić information content (AvgIpc) is 2.45. The fraction of sp³-hybridized carbons (Fsp3) is 0.500. The molecule has 20 heavy (non-hydrogen) atoms. The van der Waals surface area contributed by atoms with Gasteiger partial charge >= 0.3 is 5.97 Å². The fourth-order valence-corrected chi connectivity index (χ4v) is 2.76. The van der Waals surface area contributed by atoms with E-state index >= 15 is 0 Å². The third-order valence-corrected chi connectivity index (χ3v) is 3.85.